The highest BCUT2D eigenvalue weighted by atomic mass is 79.9. The van der Waals surface area contributed by atoms with Crippen molar-refractivity contribution >= 4 is 26.7 Å². The second-order valence-corrected chi connectivity index (χ2v) is 5.74. The smallest absolute Gasteiger partial charge is 0.0436 e. The molecule has 0 amide bonds. The molecule has 3 aromatic rings. The largest absolute Gasteiger partial charge is 0.265 e. The molecule has 2 heteroatoms. The number of alkyl halides is 1. The predicted molar refractivity (Wildman–Crippen MR) is 83.6 cm³/mol. The minimum atomic E-state index is 0.330. The third-order valence-electron chi connectivity index (χ3n) is 3.30. The number of halogens is 1. The second-order valence-electron chi connectivity index (χ2n) is 4.63. The van der Waals surface area contributed by atoms with Crippen molar-refractivity contribution in [3.05, 3.63) is 78.1 Å². The quantitative estimate of drug-likeness (QED) is 0.626. The summed E-state index contributed by atoms with van der Waals surface area (Å²) < 4.78 is 0. The molecule has 0 aliphatic carbocycles. The number of nitrogens with zero attached hydrogens (tertiary/aromatic N) is 1. The number of pyridine rings is 1. The lowest BCUT2D eigenvalue weighted by atomic mass is 10.0. The molecular weight excluding hydrogens is 298 g/mol. The number of aromatic nitrogens is 1. The fourth-order valence-corrected chi connectivity index (χ4v) is 2.94. The van der Waals surface area contributed by atoms with Crippen LogP contribution < -0.4 is 0 Å². The van der Waals surface area contributed by atoms with Crippen molar-refractivity contribution in [2.45, 2.75) is 11.2 Å². The summed E-state index contributed by atoms with van der Waals surface area (Å²) in [5.74, 6) is 0. The van der Waals surface area contributed by atoms with E-state index in [1.165, 1.54) is 21.9 Å². The van der Waals surface area contributed by atoms with Crippen LogP contribution in [-0.4, -0.2) is 4.98 Å². The first kappa shape index (κ1) is 12.4. The molecule has 0 saturated carbocycles. The lowest BCUT2D eigenvalue weighted by Gasteiger charge is -2.10. The third kappa shape index (κ3) is 2.85. The molecule has 1 heterocycles. The predicted octanol–water partition coefficient (Wildman–Crippen LogP) is 4.91. The standard InChI is InChI=1S/C17H14BrN/c18-17(15-7-9-19-10-8-15)12-13-5-6-14-3-1-2-4-16(14)11-13/h1-11,17H,12H2. The van der Waals surface area contributed by atoms with Gasteiger partial charge in [0.05, 0.1) is 0 Å². The van der Waals surface area contributed by atoms with E-state index in [1.54, 1.807) is 0 Å². The summed E-state index contributed by atoms with van der Waals surface area (Å²) in [5.41, 5.74) is 2.61. The van der Waals surface area contributed by atoms with Crippen LogP contribution >= 0.6 is 15.9 Å². The maximum atomic E-state index is 4.05. The Balaban J connectivity index is 1.85. The molecule has 1 nitrogen and oxygen atoms in total. The van der Waals surface area contributed by atoms with Crippen molar-refractivity contribution in [2.75, 3.05) is 0 Å². The summed E-state index contributed by atoms with van der Waals surface area (Å²) in [7, 11) is 0. The van der Waals surface area contributed by atoms with Crippen molar-refractivity contribution in [1.29, 1.82) is 0 Å². The Morgan fingerprint density at radius 2 is 1.63 bits per heavy atom. The minimum absolute atomic E-state index is 0.330. The topological polar surface area (TPSA) is 12.9 Å². The normalized spacial score (nSPS) is 12.5. The highest BCUT2D eigenvalue weighted by Gasteiger charge is 2.08. The molecule has 0 spiro atoms. The Morgan fingerprint density at radius 3 is 2.42 bits per heavy atom. The average Bonchev–Trinajstić information content (AvgIpc) is 2.48. The molecule has 19 heavy (non-hydrogen) atoms. The monoisotopic (exact) mass is 311 g/mol. The summed E-state index contributed by atoms with van der Waals surface area (Å²) in [6.07, 6.45) is 4.66. The molecule has 0 aliphatic heterocycles. The van der Waals surface area contributed by atoms with Crippen LogP contribution in [0.4, 0.5) is 0 Å². The van der Waals surface area contributed by atoms with Gasteiger partial charge in [-0.3, -0.25) is 4.98 Å². The van der Waals surface area contributed by atoms with Gasteiger partial charge in [0.1, 0.15) is 0 Å². The zero-order valence-electron chi connectivity index (χ0n) is 10.5. The number of rotatable bonds is 3. The minimum Gasteiger partial charge on any atom is -0.265 e. The van der Waals surface area contributed by atoms with Crippen molar-refractivity contribution < 1.29 is 0 Å². The van der Waals surface area contributed by atoms with E-state index < -0.39 is 0 Å². The van der Waals surface area contributed by atoms with E-state index in [0.29, 0.717) is 4.83 Å². The maximum absolute atomic E-state index is 4.05. The van der Waals surface area contributed by atoms with Crippen LogP contribution in [0.25, 0.3) is 10.8 Å². The van der Waals surface area contributed by atoms with E-state index >= 15 is 0 Å². The molecule has 94 valence electrons. The first-order valence-electron chi connectivity index (χ1n) is 6.34. The molecule has 1 aromatic heterocycles. The second kappa shape index (κ2) is 5.54. The molecule has 1 unspecified atom stereocenters. The number of benzene rings is 2. The zero-order valence-corrected chi connectivity index (χ0v) is 12.0. The Labute approximate surface area is 121 Å². The third-order valence-corrected chi connectivity index (χ3v) is 4.15. The first-order valence-corrected chi connectivity index (χ1v) is 7.26. The van der Waals surface area contributed by atoms with Crippen LogP contribution in [0.15, 0.2) is 67.0 Å². The Morgan fingerprint density at radius 1 is 0.895 bits per heavy atom. The van der Waals surface area contributed by atoms with Crippen LogP contribution in [0.2, 0.25) is 0 Å². The van der Waals surface area contributed by atoms with Crippen molar-refractivity contribution in [2.24, 2.45) is 0 Å². The maximum Gasteiger partial charge on any atom is 0.0436 e. The fraction of sp³-hybridized carbons (Fsp3) is 0.118. The molecule has 0 radical (unpaired) electrons. The van der Waals surface area contributed by atoms with Gasteiger partial charge < -0.3 is 0 Å². The summed E-state index contributed by atoms with van der Waals surface area (Å²) in [5, 5.41) is 2.59. The molecule has 1 atom stereocenters. The van der Waals surface area contributed by atoms with E-state index in [-0.39, 0.29) is 0 Å². The van der Waals surface area contributed by atoms with Crippen molar-refractivity contribution in [1.82, 2.24) is 4.98 Å². The number of fused-ring (bicyclic) bond motifs is 1. The Hall–Kier alpha value is -1.67. The van der Waals surface area contributed by atoms with E-state index in [2.05, 4.69) is 75.5 Å². The van der Waals surface area contributed by atoms with Gasteiger partial charge in [0, 0.05) is 17.2 Å². The van der Waals surface area contributed by atoms with Gasteiger partial charge >= 0.3 is 0 Å². The molecule has 0 aliphatic rings. The molecule has 2 aromatic carbocycles. The highest BCUT2D eigenvalue weighted by molar-refractivity contribution is 9.09. The van der Waals surface area contributed by atoms with Crippen LogP contribution in [0.5, 0.6) is 0 Å². The molecule has 0 fully saturated rings. The van der Waals surface area contributed by atoms with E-state index in [0.717, 1.165) is 6.42 Å². The Bertz CT molecular complexity index is 679. The van der Waals surface area contributed by atoms with Crippen molar-refractivity contribution in [3.63, 3.8) is 0 Å². The van der Waals surface area contributed by atoms with Crippen LogP contribution in [-0.2, 0) is 6.42 Å². The lowest BCUT2D eigenvalue weighted by molar-refractivity contribution is 0.946. The van der Waals surface area contributed by atoms with Gasteiger partial charge in [-0.1, -0.05) is 58.4 Å². The van der Waals surface area contributed by atoms with Crippen LogP contribution in [0.3, 0.4) is 0 Å². The fourth-order valence-electron chi connectivity index (χ4n) is 2.26. The first-order chi connectivity index (χ1) is 9.33. The SMILES string of the molecule is BrC(Cc1ccc2ccccc2c1)c1ccncc1. The van der Waals surface area contributed by atoms with Gasteiger partial charge in [0.2, 0.25) is 0 Å². The number of hydrogen-bond acceptors (Lipinski definition) is 1. The summed E-state index contributed by atoms with van der Waals surface area (Å²) in [6, 6.07) is 19.2. The van der Waals surface area contributed by atoms with Gasteiger partial charge in [0.25, 0.3) is 0 Å². The van der Waals surface area contributed by atoms with Gasteiger partial charge in [-0.25, -0.2) is 0 Å². The highest BCUT2D eigenvalue weighted by Crippen LogP contribution is 2.27. The summed E-state index contributed by atoms with van der Waals surface area (Å²) in [6.45, 7) is 0. The summed E-state index contributed by atoms with van der Waals surface area (Å²) >= 11 is 3.76. The van der Waals surface area contributed by atoms with E-state index in [9.17, 15) is 0 Å². The van der Waals surface area contributed by atoms with Gasteiger partial charge in [-0.05, 0) is 40.5 Å². The Kier molecular flexibility index (Phi) is 3.60. The number of hydrogen-bond donors (Lipinski definition) is 0. The molecule has 3 rings (SSSR count). The van der Waals surface area contributed by atoms with Crippen LogP contribution in [0, 0.1) is 0 Å². The average molecular weight is 312 g/mol. The van der Waals surface area contributed by atoms with E-state index in [1.807, 2.05) is 12.4 Å². The van der Waals surface area contributed by atoms with Gasteiger partial charge in [0.15, 0.2) is 0 Å². The molecular formula is C17H14BrN. The molecule has 0 N–H and O–H groups in total. The van der Waals surface area contributed by atoms with Crippen molar-refractivity contribution in [3.8, 4) is 0 Å². The van der Waals surface area contributed by atoms with Crippen LogP contribution in [0.1, 0.15) is 16.0 Å². The lowest BCUT2D eigenvalue weighted by Crippen LogP contribution is -1.95. The van der Waals surface area contributed by atoms with Gasteiger partial charge in [-0.2, -0.15) is 0 Å². The van der Waals surface area contributed by atoms with Gasteiger partial charge in [-0.15, -0.1) is 0 Å². The van der Waals surface area contributed by atoms with E-state index in [4.69, 9.17) is 0 Å². The summed E-state index contributed by atoms with van der Waals surface area (Å²) in [4.78, 5) is 4.39. The molecule has 0 saturated heterocycles. The molecule has 0 bridgehead atoms. The zero-order chi connectivity index (χ0) is 13.1.